The molecule has 1 nitrogen and oxygen atoms in total. The highest BCUT2D eigenvalue weighted by atomic mass is 79.9. The summed E-state index contributed by atoms with van der Waals surface area (Å²) in [7, 11) is 0. The highest BCUT2D eigenvalue weighted by Crippen LogP contribution is 2.42. The van der Waals surface area contributed by atoms with Crippen molar-refractivity contribution in [1.29, 1.82) is 0 Å². The van der Waals surface area contributed by atoms with Gasteiger partial charge in [-0.2, -0.15) is 0 Å². The van der Waals surface area contributed by atoms with E-state index in [4.69, 9.17) is 5.73 Å². The quantitative estimate of drug-likeness (QED) is 0.818. The van der Waals surface area contributed by atoms with Gasteiger partial charge in [-0.1, -0.05) is 43.2 Å². The van der Waals surface area contributed by atoms with Gasteiger partial charge in [0.25, 0.3) is 0 Å². The first-order valence-electron chi connectivity index (χ1n) is 7.25. The summed E-state index contributed by atoms with van der Waals surface area (Å²) in [5, 5.41) is 2.14. The molecule has 1 aromatic heterocycles. The molecule has 0 radical (unpaired) electrons. The van der Waals surface area contributed by atoms with E-state index in [1.807, 2.05) is 11.3 Å². The number of halogens is 1. The molecule has 0 spiro atoms. The lowest BCUT2D eigenvalue weighted by atomic mass is 9.68. The number of hydrogen-bond acceptors (Lipinski definition) is 2. The number of thiophene rings is 1. The van der Waals surface area contributed by atoms with Crippen LogP contribution in [0.2, 0.25) is 0 Å². The Labute approximate surface area is 133 Å². The van der Waals surface area contributed by atoms with Crippen LogP contribution in [0.1, 0.15) is 42.0 Å². The van der Waals surface area contributed by atoms with Crippen LogP contribution in [0, 0.1) is 0 Å². The van der Waals surface area contributed by atoms with Crippen LogP contribution < -0.4 is 5.73 Å². The van der Waals surface area contributed by atoms with Crippen LogP contribution in [0.5, 0.6) is 0 Å². The third-order valence-electron chi connectivity index (χ3n) is 4.46. The Morgan fingerprint density at radius 2 is 2.00 bits per heavy atom. The van der Waals surface area contributed by atoms with Gasteiger partial charge in [0.2, 0.25) is 0 Å². The van der Waals surface area contributed by atoms with Gasteiger partial charge in [0.05, 0.1) is 0 Å². The summed E-state index contributed by atoms with van der Waals surface area (Å²) >= 11 is 5.46. The van der Waals surface area contributed by atoms with Crippen molar-refractivity contribution in [2.75, 3.05) is 0 Å². The minimum absolute atomic E-state index is 0.104. The topological polar surface area (TPSA) is 26.0 Å². The molecule has 1 saturated carbocycles. The SMILES string of the molecule is NC1(Cc2sccc2Br)CCCCC1c1ccccc1. The average Bonchev–Trinajstić information content (AvgIpc) is 2.85. The van der Waals surface area contributed by atoms with Gasteiger partial charge in [-0.3, -0.25) is 0 Å². The summed E-state index contributed by atoms with van der Waals surface area (Å²) in [5.74, 6) is 0.478. The lowest BCUT2D eigenvalue weighted by molar-refractivity contribution is 0.250. The van der Waals surface area contributed by atoms with E-state index in [0.717, 1.165) is 12.8 Å². The molecule has 0 aliphatic heterocycles. The van der Waals surface area contributed by atoms with Gasteiger partial charge in [-0.25, -0.2) is 0 Å². The standard InChI is InChI=1S/C17H20BrNS/c18-15-9-11-20-16(15)12-17(19)10-5-4-8-14(17)13-6-2-1-3-7-13/h1-3,6-7,9,11,14H,4-5,8,10,12,19H2. The van der Waals surface area contributed by atoms with E-state index in [2.05, 4.69) is 57.7 Å². The summed E-state index contributed by atoms with van der Waals surface area (Å²) in [4.78, 5) is 1.38. The third kappa shape index (κ3) is 2.85. The Hall–Kier alpha value is -0.640. The number of rotatable bonds is 3. The van der Waals surface area contributed by atoms with Crippen LogP contribution in [-0.4, -0.2) is 5.54 Å². The largest absolute Gasteiger partial charge is 0.324 e. The van der Waals surface area contributed by atoms with Crippen LogP contribution in [0.4, 0.5) is 0 Å². The van der Waals surface area contributed by atoms with Gasteiger partial charge in [0.1, 0.15) is 0 Å². The highest BCUT2D eigenvalue weighted by Gasteiger charge is 2.38. The molecular formula is C17H20BrNS. The maximum Gasteiger partial charge on any atom is 0.0315 e. The van der Waals surface area contributed by atoms with Gasteiger partial charge in [-0.05, 0) is 45.8 Å². The van der Waals surface area contributed by atoms with Crippen molar-refractivity contribution in [3.05, 3.63) is 56.7 Å². The second-order valence-electron chi connectivity index (χ2n) is 5.81. The van der Waals surface area contributed by atoms with Crippen molar-refractivity contribution < 1.29 is 0 Å². The molecule has 1 heterocycles. The molecule has 2 atom stereocenters. The van der Waals surface area contributed by atoms with Crippen LogP contribution in [0.15, 0.2) is 46.3 Å². The van der Waals surface area contributed by atoms with Crippen LogP contribution >= 0.6 is 27.3 Å². The molecule has 0 amide bonds. The van der Waals surface area contributed by atoms with Gasteiger partial charge >= 0.3 is 0 Å². The van der Waals surface area contributed by atoms with Gasteiger partial charge in [-0.15, -0.1) is 11.3 Å². The molecular weight excluding hydrogens is 330 g/mol. The molecule has 3 heteroatoms. The van der Waals surface area contributed by atoms with Gasteiger partial charge in [0.15, 0.2) is 0 Å². The Morgan fingerprint density at radius 1 is 1.20 bits per heavy atom. The molecule has 2 unspecified atom stereocenters. The molecule has 1 aliphatic carbocycles. The van der Waals surface area contributed by atoms with E-state index in [1.54, 1.807) is 0 Å². The van der Waals surface area contributed by atoms with E-state index in [0.29, 0.717) is 5.92 Å². The number of hydrogen-bond donors (Lipinski definition) is 1. The van der Waals surface area contributed by atoms with Crippen molar-refractivity contribution in [1.82, 2.24) is 0 Å². The fourth-order valence-corrected chi connectivity index (χ4v) is 5.04. The van der Waals surface area contributed by atoms with Crippen LogP contribution in [0.25, 0.3) is 0 Å². The summed E-state index contributed by atoms with van der Waals surface area (Å²) in [5.41, 5.74) is 8.18. The van der Waals surface area contributed by atoms with Crippen molar-refractivity contribution in [2.24, 2.45) is 5.73 Å². The first kappa shape index (κ1) is 14.3. The number of benzene rings is 1. The van der Waals surface area contributed by atoms with Crippen molar-refractivity contribution in [3.8, 4) is 0 Å². The van der Waals surface area contributed by atoms with E-state index in [1.165, 1.54) is 34.2 Å². The molecule has 0 bridgehead atoms. The van der Waals surface area contributed by atoms with E-state index >= 15 is 0 Å². The lowest BCUT2D eigenvalue weighted by Gasteiger charge is -2.41. The first-order chi connectivity index (χ1) is 9.69. The van der Waals surface area contributed by atoms with Crippen molar-refractivity contribution in [3.63, 3.8) is 0 Å². The Bertz CT molecular complexity index is 565. The zero-order valence-corrected chi connectivity index (χ0v) is 13.9. The van der Waals surface area contributed by atoms with Crippen molar-refractivity contribution >= 4 is 27.3 Å². The molecule has 3 rings (SSSR count). The van der Waals surface area contributed by atoms with E-state index < -0.39 is 0 Å². The zero-order chi connectivity index (χ0) is 14.0. The second-order valence-corrected chi connectivity index (χ2v) is 7.67. The van der Waals surface area contributed by atoms with Crippen LogP contribution in [0.3, 0.4) is 0 Å². The fourth-order valence-electron chi connectivity index (χ4n) is 3.41. The molecule has 2 N–H and O–H groups in total. The van der Waals surface area contributed by atoms with Gasteiger partial charge in [0, 0.05) is 27.2 Å². The summed E-state index contributed by atoms with van der Waals surface area (Å²) in [6.07, 6.45) is 5.86. The first-order valence-corrected chi connectivity index (χ1v) is 8.92. The van der Waals surface area contributed by atoms with E-state index in [-0.39, 0.29) is 5.54 Å². The predicted octanol–water partition coefficient (Wildman–Crippen LogP) is 5.11. The Morgan fingerprint density at radius 3 is 2.70 bits per heavy atom. The third-order valence-corrected chi connectivity index (χ3v) is 6.39. The molecule has 1 aromatic carbocycles. The maximum absolute atomic E-state index is 6.88. The smallest absolute Gasteiger partial charge is 0.0315 e. The molecule has 1 fully saturated rings. The molecule has 1 aliphatic rings. The minimum Gasteiger partial charge on any atom is -0.324 e. The molecule has 0 saturated heterocycles. The maximum atomic E-state index is 6.88. The summed E-state index contributed by atoms with van der Waals surface area (Å²) < 4.78 is 1.21. The summed E-state index contributed by atoms with van der Waals surface area (Å²) in [6, 6.07) is 12.9. The molecule has 106 valence electrons. The highest BCUT2D eigenvalue weighted by molar-refractivity contribution is 9.10. The average molecular weight is 350 g/mol. The Balaban J connectivity index is 1.89. The molecule has 20 heavy (non-hydrogen) atoms. The normalized spacial score (nSPS) is 26.6. The minimum atomic E-state index is -0.104. The second kappa shape index (κ2) is 6.00. The van der Waals surface area contributed by atoms with Crippen LogP contribution in [-0.2, 0) is 6.42 Å². The lowest BCUT2D eigenvalue weighted by Crippen LogP contribution is -2.49. The summed E-state index contributed by atoms with van der Waals surface area (Å²) in [6.45, 7) is 0. The fraction of sp³-hybridized carbons (Fsp3) is 0.412. The van der Waals surface area contributed by atoms with E-state index in [9.17, 15) is 0 Å². The van der Waals surface area contributed by atoms with Gasteiger partial charge < -0.3 is 5.73 Å². The predicted molar refractivity (Wildman–Crippen MR) is 90.3 cm³/mol. The zero-order valence-electron chi connectivity index (χ0n) is 11.5. The number of nitrogens with two attached hydrogens (primary N) is 1. The monoisotopic (exact) mass is 349 g/mol. The Kier molecular flexibility index (Phi) is 4.29. The van der Waals surface area contributed by atoms with Crippen molar-refractivity contribution in [2.45, 2.75) is 43.6 Å². The molecule has 2 aromatic rings.